The van der Waals surface area contributed by atoms with Gasteiger partial charge in [-0.05, 0) is 46.5 Å². The Morgan fingerprint density at radius 1 is 0.692 bits per heavy atom. The SMILES string of the molecule is O=C1CN1c1cc(-c2ccc(-c3cccnc3)cc2)cc(N2CC2=O)c1. The molecule has 0 atom stereocenters. The maximum atomic E-state index is 11.5. The van der Waals surface area contributed by atoms with E-state index in [2.05, 4.69) is 29.2 Å². The van der Waals surface area contributed by atoms with Crippen LogP contribution in [0.25, 0.3) is 22.3 Å². The largest absolute Gasteiger partial charge is 0.301 e. The highest BCUT2D eigenvalue weighted by Crippen LogP contribution is 2.36. The fourth-order valence-electron chi connectivity index (χ4n) is 3.13. The summed E-state index contributed by atoms with van der Waals surface area (Å²) in [6.45, 7) is 0.883. The van der Waals surface area contributed by atoms with Crippen molar-refractivity contribution >= 4 is 23.2 Å². The van der Waals surface area contributed by atoms with E-state index >= 15 is 0 Å². The number of carbonyl (C=O) groups excluding carboxylic acids is 2. The van der Waals surface area contributed by atoms with Crippen LogP contribution >= 0.6 is 0 Å². The van der Waals surface area contributed by atoms with Gasteiger partial charge in [0.2, 0.25) is 11.8 Å². The number of hydrogen-bond donors (Lipinski definition) is 0. The van der Waals surface area contributed by atoms with E-state index in [0.717, 1.165) is 33.6 Å². The minimum atomic E-state index is 0.108. The van der Waals surface area contributed by atoms with Crippen LogP contribution in [0.2, 0.25) is 0 Å². The fraction of sp³-hybridized carbons (Fsp3) is 0.0952. The number of pyridine rings is 1. The van der Waals surface area contributed by atoms with Gasteiger partial charge in [0.15, 0.2) is 0 Å². The van der Waals surface area contributed by atoms with Gasteiger partial charge in [0.1, 0.15) is 13.1 Å². The average molecular weight is 341 g/mol. The van der Waals surface area contributed by atoms with Crippen LogP contribution in [0.15, 0.2) is 67.0 Å². The highest BCUT2D eigenvalue weighted by Gasteiger charge is 2.35. The zero-order valence-corrected chi connectivity index (χ0v) is 13.9. The molecule has 0 aliphatic carbocycles. The molecular weight excluding hydrogens is 326 g/mol. The number of aromatic nitrogens is 1. The summed E-state index contributed by atoms with van der Waals surface area (Å²) in [5.74, 6) is 0.217. The molecule has 3 aromatic rings. The van der Waals surface area contributed by atoms with Crippen LogP contribution in [0, 0.1) is 0 Å². The third-order valence-electron chi connectivity index (χ3n) is 4.72. The molecular formula is C21H15N3O2. The van der Waals surface area contributed by atoms with Crippen LogP contribution in [-0.4, -0.2) is 29.9 Å². The summed E-state index contributed by atoms with van der Waals surface area (Å²) >= 11 is 0. The van der Waals surface area contributed by atoms with Gasteiger partial charge in [0.25, 0.3) is 0 Å². The van der Waals surface area contributed by atoms with Gasteiger partial charge < -0.3 is 9.80 Å². The van der Waals surface area contributed by atoms with Crippen LogP contribution in [-0.2, 0) is 9.59 Å². The number of benzene rings is 2. The average Bonchev–Trinajstić information content (AvgIpc) is 3.60. The molecule has 0 radical (unpaired) electrons. The van der Waals surface area contributed by atoms with Gasteiger partial charge in [0, 0.05) is 23.8 Å². The van der Waals surface area contributed by atoms with Gasteiger partial charge in [-0.15, -0.1) is 0 Å². The van der Waals surface area contributed by atoms with Gasteiger partial charge in [-0.1, -0.05) is 30.3 Å². The second-order valence-corrected chi connectivity index (χ2v) is 6.52. The summed E-state index contributed by atoms with van der Waals surface area (Å²) in [7, 11) is 0. The Hall–Kier alpha value is -3.47. The minimum absolute atomic E-state index is 0.108. The lowest BCUT2D eigenvalue weighted by atomic mass is 10.0. The Balaban J connectivity index is 1.52. The third kappa shape index (κ3) is 2.63. The molecule has 5 heteroatoms. The van der Waals surface area contributed by atoms with Crippen molar-refractivity contribution in [1.29, 1.82) is 0 Å². The van der Waals surface area contributed by atoms with Gasteiger partial charge >= 0.3 is 0 Å². The number of rotatable bonds is 4. The van der Waals surface area contributed by atoms with Gasteiger partial charge in [0.05, 0.1) is 0 Å². The van der Waals surface area contributed by atoms with E-state index < -0.39 is 0 Å². The lowest BCUT2D eigenvalue weighted by molar-refractivity contribution is -0.110. The van der Waals surface area contributed by atoms with E-state index in [-0.39, 0.29) is 11.8 Å². The monoisotopic (exact) mass is 341 g/mol. The summed E-state index contributed by atoms with van der Waals surface area (Å²) in [4.78, 5) is 30.7. The van der Waals surface area contributed by atoms with Crippen molar-refractivity contribution in [2.24, 2.45) is 0 Å². The first-order valence-electron chi connectivity index (χ1n) is 8.46. The van der Waals surface area contributed by atoms with E-state index in [1.165, 1.54) is 0 Å². The second-order valence-electron chi connectivity index (χ2n) is 6.52. The van der Waals surface area contributed by atoms with Crippen molar-refractivity contribution in [3.05, 3.63) is 67.0 Å². The Bertz CT molecular complexity index is 989. The first kappa shape index (κ1) is 14.8. The van der Waals surface area contributed by atoms with Crippen LogP contribution in [0.4, 0.5) is 11.4 Å². The number of carbonyl (C=O) groups is 2. The van der Waals surface area contributed by atoms with Crippen LogP contribution in [0.1, 0.15) is 0 Å². The lowest BCUT2D eigenvalue weighted by Gasteiger charge is -2.11. The minimum Gasteiger partial charge on any atom is -0.301 e. The zero-order valence-electron chi connectivity index (χ0n) is 13.9. The fourth-order valence-corrected chi connectivity index (χ4v) is 3.13. The predicted octanol–water partition coefficient (Wildman–Crippen LogP) is 3.11. The van der Waals surface area contributed by atoms with E-state index in [1.807, 2.05) is 36.5 Å². The molecule has 0 bridgehead atoms. The van der Waals surface area contributed by atoms with Crippen LogP contribution in [0.5, 0.6) is 0 Å². The van der Waals surface area contributed by atoms with Crippen molar-refractivity contribution in [2.45, 2.75) is 0 Å². The van der Waals surface area contributed by atoms with Crippen LogP contribution < -0.4 is 9.80 Å². The lowest BCUT2D eigenvalue weighted by Crippen LogP contribution is -1.99. The number of anilines is 2. The molecule has 2 amide bonds. The van der Waals surface area contributed by atoms with Crippen molar-refractivity contribution in [1.82, 2.24) is 4.98 Å². The molecule has 2 aromatic carbocycles. The molecule has 5 nitrogen and oxygen atoms in total. The van der Waals surface area contributed by atoms with Gasteiger partial charge in [-0.3, -0.25) is 14.6 Å². The number of amides is 2. The van der Waals surface area contributed by atoms with E-state index in [1.54, 1.807) is 16.0 Å². The molecule has 126 valence electrons. The molecule has 2 aliphatic rings. The third-order valence-corrected chi connectivity index (χ3v) is 4.72. The summed E-state index contributed by atoms with van der Waals surface area (Å²) in [6.07, 6.45) is 3.60. The Labute approximate surface area is 150 Å². The van der Waals surface area contributed by atoms with Gasteiger partial charge in [-0.2, -0.15) is 0 Å². The van der Waals surface area contributed by atoms with Crippen molar-refractivity contribution in [3.8, 4) is 22.3 Å². The second kappa shape index (κ2) is 5.52. The molecule has 0 N–H and O–H groups in total. The maximum Gasteiger partial charge on any atom is 0.247 e. The molecule has 1 aromatic heterocycles. The Morgan fingerprint density at radius 2 is 1.23 bits per heavy atom. The Morgan fingerprint density at radius 3 is 1.69 bits per heavy atom. The van der Waals surface area contributed by atoms with Crippen LogP contribution in [0.3, 0.4) is 0 Å². The molecule has 0 spiro atoms. The quantitative estimate of drug-likeness (QED) is 0.685. The van der Waals surface area contributed by atoms with E-state index in [0.29, 0.717) is 13.1 Å². The highest BCUT2D eigenvalue weighted by atomic mass is 16.2. The summed E-state index contributed by atoms with van der Waals surface area (Å²) < 4.78 is 0. The van der Waals surface area contributed by atoms with E-state index in [4.69, 9.17) is 0 Å². The summed E-state index contributed by atoms with van der Waals surface area (Å²) in [6, 6.07) is 18.1. The molecule has 0 saturated carbocycles. The zero-order chi connectivity index (χ0) is 17.7. The van der Waals surface area contributed by atoms with Crippen molar-refractivity contribution in [3.63, 3.8) is 0 Å². The molecule has 2 saturated heterocycles. The maximum absolute atomic E-state index is 11.5. The molecule has 2 aliphatic heterocycles. The summed E-state index contributed by atoms with van der Waals surface area (Å²) in [5, 5.41) is 0. The number of hydrogen-bond acceptors (Lipinski definition) is 3. The molecule has 26 heavy (non-hydrogen) atoms. The number of nitrogens with zero attached hydrogens (tertiary/aromatic N) is 3. The molecule has 5 rings (SSSR count). The van der Waals surface area contributed by atoms with Crippen molar-refractivity contribution in [2.75, 3.05) is 22.9 Å². The van der Waals surface area contributed by atoms with Crippen molar-refractivity contribution < 1.29 is 9.59 Å². The first-order chi connectivity index (χ1) is 12.7. The van der Waals surface area contributed by atoms with Gasteiger partial charge in [-0.25, -0.2) is 0 Å². The normalized spacial score (nSPS) is 15.4. The topological polar surface area (TPSA) is 53.0 Å². The first-order valence-corrected chi connectivity index (χ1v) is 8.46. The standard InChI is InChI=1S/C21H15N3O2/c25-20-12-23(20)18-8-17(9-19(10-18)24-13-21(24)26)15-5-3-14(4-6-15)16-2-1-7-22-11-16/h1-11H,12-13H2. The Kier molecular flexibility index (Phi) is 3.15. The molecule has 0 unspecified atom stereocenters. The smallest absolute Gasteiger partial charge is 0.247 e. The highest BCUT2D eigenvalue weighted by molar-refractivity contribution is 6.15. The molecule has 3 heterocycles. The predicted molar refractivity (Wildman–Crippen MR) is 99.8 cm³/mol. The van der Waals surface area contributed by atoms with E-state index in [9.17, 15) is 9.59 Å². The molecule has 2 fully saturated rings. The summed E-state index contributed by atoms with van der Waals surface area (Å²) in [5.41, 5.74) is 5.90.